The van der Waals surface area contributed by atoms with Gasteiger partial charge in [-0.05, 0) is 113 Å². The van der Waals surface area contributed by atoms with Gasteiger partial charge in [0.2, 0.25) is 11.9 Å². The summed E-state index contributed by atoms with van der Waals surface area (Å²) in [5.41, 5.74) is 11.6. The van der Waals surface area contributed by atoms with Gasteiger partial charge in [0.25, 0.3) is 0 Å². The molecule has 0 radical (unpaired) electrons. The molecule has 0 aliphatic heterocycles. The zero-order valence-electron chi connectivity index (χ0n) is 31.8. The fourth-order valence-electron chi connectivity index (χ4n) is 7.09. The molecule has 0 saturated carbocycles. The SMILES string of the molecule is Cc1ccc(N(c2ccc(C)cc2)c2nc(Oc3ccc(-n4c5ccccc5c5ccccc54)cc3)nc(N(c3ccc(C)cc3)c3ccc(C)cc3)n2)cc1. The van der Waals surface area contributed by atoms with Crippen molar-refractivity contribution in [3.05, 3.63) is 192 Å². The number of rotatable bonds is 9. The molecule has 0 saturated heterocycles. The molecule has 2 heterocycles. The molecule has 7 nitrogen and oxygen atoms in total. The number of hydrogen-bond donors (Lipinski definition) is 0. The van der Waals surface area contributed by atoms with E-state index >= 15 is 0 Å². The number of aromatic nitrogens is 4. The van der Waals surface area contributed by atoms with Gasteiger partial charge in [-0.1, -0.05) is 107 Å². The Bertz CT molecular complexity index is 2540. The van der Waals surface area contributed by atoms with Crippen LogP contribution in [-0.4, -0.2) is 19.5 Å². The number of anilines is 6. The average molecular weight is 729 g/mol. The largest absolute Gasteiger partial charge is 0.424 e. The fraction of sp³-hybridized carbons (Fsp3) is 0.0816. The van der Waals surface area contributed by atoms with Gasteiger partial charge in [-0.3, -0.25) is 9.80 Å². The molecule has 272 valence electrons. The van der Waals surface area contributed by atoms with Crippen molar-refractivity contribution in [1.82, 2.24) is 19.5 Å². The number of nitrogens with zero attached hydrogens (tertiary/aromatic N) is 6. The molecule has 2 aromatic heterocycles. The molecule has 0 fully saturated rings. The molecule has 7 heteroatoms. The summed E-state index contributed by atoms with van der Waals surface area (Å²) in [6.45, 7) is 8.34. The highest BCUT2D eigenvalue weighted by molar-refractivity contribution is 6.09. The summed E-state index contributed by atoms with van der Waals surface area (Å²) in [7, 11) is 0. The Morgan fingerprint density at radius 1 is 0.393 bits per heavy atom. The monoisotopic (exact) mass is 728 g/mol. The molecule has 0 amide bonds. The van der Waals surface area contributed by atoms with Gasteiger partial charge in [-0.15, -0.1) is 0 Å². The molecule has 0 aliphatic rings. The van der Waals surface area contributed by atoms with Crippen LogP contribution in [0.15, 0.2) is 170 Å². The van der Waals surface area contributed by atoms with E-state index in [1.54, 1.807) is 0 Å². The molecule has 0 bridgehead atoms. The first-order valence-electron chi connectivity index (χ1n) is 18.8. The topological polar surface area (TPSA) is 59.3 Å². The van der Waals surface area contributed by atoms with Gasteiger partial charge in [0, 0.05) is 39.2 Å². The third-order valence-electron chi connectivity index (χ3n) is 10.0. The zero-order chi connectivity index (χ0) is 38.2. The minimum Gasteiger partial charge on any atom is -0.424 e. The van der Waals surface area contributed by atoms with Crippen LogP contribution in [0.1, 0.15) is 22.3 Å². The van der Waals surface area contributed by atoms with Gasteiger partial charge in [0.15, 0.2) is 0 Å². The Hall–Kier alpha value is -7.25. The van der Waals surface area contributed by atoms with Gasteiger partial charge in [-0.2, -0.15) is 15.0 Å². The summed E-state index contributed by atoms with van der Waals surface area (Å²) in [6.07, 6.45) is 0. The number of benzene rings is 7. The molecule has 0 aliphatic carbocycles. The van der Waals surface area contributed by atoms with E-state index in [-0.39, 0.29) is 6.01 Å². The molecule has 0 spiro atoms. The van der Waals surface area contributed by atoms with Crippen LogP contribution in [0.3, 0.4) is 0 Å². The van der Waals surface area contributed by atoms with E-state index in [2.05, 4.69) is 190 Å². The van der Waals surface area contributed by atoms with Crippen LogP contribution in [0.4, 0.5) is 34.6 Å². The molecular weight excluding hydrogens is 689 g/mol. The summed E-state index contributed by atoms with van der Waals surface area (Å²) < 4.78 is 8.89. The molecule has 0 unspecified atom stereocenters. The van der Waals surface area contributed by atoms with E-state index in [0.29, 0.717) is 17.6 Å². The van der Waals surface area contributed by atoms with Crippen molar-refractivity contribution in [2.75, 3.05) is 9.80 Å². The lowest BCUT2D eigenvalue weighted by Gasteiger charge is -2.27. The highest BCUT2D eigenvalue weighted by Crippen LogP contribution is 2.39. The molecule has 0 N–H and O–H groups in total. The average Bonchev–Trinajstić information content (AvgIpc) is 3.56. The lowest BCUT2D eigenvalue weighted by molar-refractivity contribution is 0.440. The second-order valence-corrected chi connectivity index (χ2v) is 14.2. The maximum atomic E-state index is 6.60. The maximum absolute atomic E-state index is 6.60. The van der Waals surface area contributed by atoms with Crippen LogP contribution >= 0.6 is 0 Å². The van der Waals surface area contributed by atoms with Crippen molar-refractivity contribution >= 4 is 56.5 Å². The highest BCUT2D eigenvalue weighted by atomic mass is 16.5. The lowest BCUT2D eigenvalue weighted by Crippen LogP contribution is -2.19. The van der Waals surface area contributed by atoms with Crippen molar-refractivity contribution < 1.29 is 4.74 Å². The van der Waals surface area contributed by atoms with Crippen LogP contribution in [0.25, 0.3) is 27.5 Å². The number of hydrogen-bond acceptors (Lipinski definition) is 6. The molecule has 7 aromatic carbocycles. The lowest BCUT2D eigenvalue weighted by atomic mass is 10.1. The number of ether oxygens (including phenoxy) is 1. The van der Waals surface area contributed by atoms with Crippen molar-refractivity contribution in [1.29, 1.82) is 0 Å². The van der Waals surface area contributed by atoms with E-state index < -0.39 is 0 Å². The standard InChI is InChI=1S/C49H40N6O/c1-33-13-21-37(22-14-33)53(38-23-15-34(2)16-24-38)47-50-48(54(39-25-17-35(3)18-26-39)40-27-19-36(4)20-28-40)52-49(51-47)56-42-31-29-41(30-32-42)55-45-11-7-5-9-43(45)44-10-6-8-12-46(44)55/h5-32H,1-4H3. The van der Waals surface area contributed by atoms with Crippen LogP contribution in [-0.2, 0) is 0 Å². The molecule has 0 atom stereocenters. The quantitative estimate of drug-likeness (QED) is 0.147. The van der Waals surface area contributed by atoms with Crippen molar-refractivity contribution in [3.63, 3.8) is 0 Å². The summed E-state index contributed by atoms with van der Waals surface area (Å²) in [4.78, 5) is 19.4. The van der Waals surface area contributed by atoms with E-state index in [0.717, 1.165) is 61.7 Å². The first-order valence-corrected chi connectivity index (χ1v) is 18.8. The van der Waals surface area contributed by atoms with Crippen molar-refractivity contribution in [3.8, 4) is 17.4 Å². The van der Waals surface area contributed by atoms with Gasteiger partial charge in [0.05, 0.1) is 11.0 Å². The highest BCUT2D eigenvalue weighted by Gasteiger charge is 2.24. The third kappa shape index (κ3) is 6.71. The Balaban J connectivity index is 1.19. The minimum atomic E-state index is 0.170. The molecule has 9 rings (SSSR count). The summed E-state index contributed by atoms with van der Waals surface area (Å²) in [5, 5.41) is 2.43. The van der Waals surface area contributed by atoms with Crippen LogP contribution in [0.2, 0.25) is 0 Å². The number of fused-ring (bicyclic) bond motifs is 3. The Kier molecular flexibility index (Phi) is 8.95. The number of aryl methyl sites for hydroxylation is 4. The first kappa shape index (κ1) is 34.5. The van der Waals surface area contributed by atoms with E-state index in [9.17, 15) is 0 Å². The predicted octanol–water partition coefficient (Wildman–Crippen LogP) is 12.9. The molecule has 56 heavy (non-hydrogen) atoms. The van der Waals surface area contributed by atoms with Crippen molar-refractivity contribution in [2.45, 2.75) is 27.7 Å². The Morgan fingerprint density at radius 2 is 0.750 bits per heavy atom. The summed E-state index contributed by atoms with van der Waals surface area (Å²) >= 11 is 0. The Labute approximate surface area is 326 Å². The smallest absolute Gasteiger partial charge is 0.328 e. The normalized spacial score (nSPS) is 11.2. The Morgan fingerprint density at radius 3 is 1.12 bits per heavy atom. The second kappa shape index (κ2) is 14.5. The van der Waals surface area contributed by atoms with Gasteiger partial charge in [0.1, 0.15) is 5.75 Å². The second-order valence-electron chi connectivity index (χ2n) is 14.2. The van der Waals surface area contributed by atoms with Gasteiger partial charge in [-0.25, -0.2) is 0 Å². The third-order valence-corrected chi connectivity index (χ3v) is 10.0. The maximum Gasteiger partial charge on any atom is 0.328 e. The van der Waals surface area contributed by atoms with Crippen LogP contribution in [0, 0.1) is 27.7 Å². The van der Waals surface area contributed by atoms with E-state index in [1.165, 1.54) is 10.8 Å². The molecular formula is C49H40N6O. The van der Waals surface area contributed by atoms with Crippen LogP contribution < -0.4 is 14.5 Å². The van der Waals surface area contributed by atoms with Gasteiger partial charge >= 0.3 is 6.01 Å². The summed E-state index contributed by atoms with van der Waals surface area (Å²) in [5.74, 6) is 1.44. The number of para-hydroxylation sites is 2. The van der Waals surface area contributed by atoms with E-state index in [4.69, 9.17) is 19.7 Å². The van der Waals surface area contributed by atoms with Gasteiger partial charge < -0.3 is 9.30 Å². The zero-order valence-corrected chi connectivity index (χ0v) is 31.8. The fourth-order valence-corrected chi connectivity index (χ4v) is 7.09. The molecule has 9 aromatic rings. The van der Waals surface area contributed by atoms with Crippen molar-refractivity contribution in [2.24, 2.45) is 0 Å². The van der Waals surface area contributed by atoms with Crippen LogP contribution in [0.5, 0.6) is 11.8 Å². The predicted molar refractivity (Wildman–Crippen MR) is 229 cm³/mol. The van der Waals surface area contributed by atoms with E-state index in [1.807, 2.05) is 21.9 Å². The first-order chi connectivity index (χ1) is 27.4. The summed E-state index contributed by atoms with van der Waals surface area (Å²) in [6, 6.07) is 58.8. The minimum absolute atomic E-state index is 0.170.